The summed E-state index contributed by atoms with van der Waals surface area (Å²) in [6, 6.07) is 18.5. The zero-order chi connectivity index (χ0) is 16.6. The van der Waals surface area contributed by atoms with Gasteiger partial charge in [0.2, 0.25) is 0 Å². The molecule has 0 bridgehead atoms. The Hall–Kier alpha value is -2.54. The van der Waals surface area contributed by atoms with Crippen LogP contribution < -0.4 is 0 Å². The molecule has 0 heterocycles. The third-order valence-corrected chi connectivity index (χ3v) is 4.46. The zero-order valence-corrected chi connectivity index (χ0v) is 14.1. The Labute approximate surface area is 138 Å². The second-order valence-electron chi connectivity index (χ2n) is 6.30. The summed E-state index contributed by atoms with van der Waals surface area (Å²) >= 11 is 0. The molecule has 23 heavy (non-hydrogen) atoms. The van der Waals surface area contributed by atoms with Crippen molar-refractivity contribution >= 4 is 0 Å². The molecule has 0 fully saturated rings. The zero-order valence-electron chi connectivity index (χ0n) is 14.1. The van der Waals surface area contributed by atoms with E-state index in [-0.39, 0.29) is 0 Å². The monoisotopic (exact) mass is 302 g/mol. The fourth-order valence-electron chi connectivity index (χ4n) is 3.44. The molecule has 3 aromatic carbocycles. The van der Waals surface area contributed by atoms with Crippen LogP contribution in [-0.2, 0) is 0 Å². The lowest BCUT2D eigenvalue weighted by Crippen LogP contribution is -1.91. The second kappa shape index (κ2) is 5.92. The molecule has 1 nitrogen and oxygen atoms in total. The first-order valence-corrected chi connectivity index (χ1v) is 7.94. The minimum absolute atomic E-state index is 0.308. The van der Waals surface area contributed by atoms with Crippen LogP contribution in [0.25, 0.3) is 22.3 Å². The van der Waals surface area contributed by atoms with Gasteiger partial charge in [0.15, 0.2) is 0 Å². The highest BCUT2D eigenvalue weighted by Gasteiger charge is 2.11. The van der Waals surface area contributed by atoms with Crippen molar-refractivity contribution in [2.75, 3.05) is 0 Å². The molecule has 0 saturated heterocycles. The maximum absolute atomic E-state index is 10.3. The number of phenols is 1. The predicted molar refractivity (Wildman–Crippen MR) is 97.9 cm³/mol. The molecule has 0 aliphatic rings. The first-order chi connectivity index (χ1) is 11.0. The van der Waals surface area contributed by atoms with E-state index in [0.717, 1.165) is 11.1 Å². The molecular weight excluding hydrogens is 280 g/mol. The fraction of sp³-hybridized carbons (Fsp3) is 0.182. The lowest BCUT2D eigenvalue weighted by molar-refractivity contribution is 0.476. The van der Waals surface area contributed by atoms with Crippen molar-refractivity contribution < 1.29 is 5.11 Å². The molecule has 1 heteroatoms. The number of hydrogen-bond donors (Lipinski definition) is 1. The Kier molecular flexibility index (Phi) is 3.96. The van der Waals surface area contributed by atoms with E-state index in [1.807, 2.05) is 12.1 Å². The van der Waals surface area contributed by atoms with Gasteiger partial charge < -0.3 is 5.11 Å². The number of phenolic OH excluding ortho intramolecular Hbond substituents is 1. The quantitative estimate of drug-likeness (QED) is 0.619. The van der Waals surface area contributed by atoms with Gasteiger partial charge in [-0.15, -0.1) is 0 Å². The van der Waals surface area contributed by atoms with Gasteiger partial charge in [-0.1, -0.05) is 36.4 Å². The van der Waals surface area contributed by atoms with Crippen LogP contribution in [0.3, 0.4) is 0 Å². The molecule has 0 aliphatic heterocycles. The number of benzene rings is 3. The summed E-state index contributed by atoms with van der Waals surface area (Å²) in [5.74, 6) is 0.308. The Morgan fingerprint density at radius 1 is 0.565 bits per heavy atom. The van der Waals surface area contributed by atoms with Crippen LogP contribution in [0.1, 0.15) is 22.3 Å². The number of aromatic hydroxyl groups is 1. The van der Waals surface area contributed by atoms with Gasteiger partial charge >= 0.3 is 0 Å². The van der Waals surface area contributed by atoms with Gasteiger partial charge in [0.05, 0.1) is 0 Å². The predicted octanol–water partition coefficient (Wildman–Crippen LogP) is 5.96. The van der Waals surface area contributed by atoms with Crippen molar-refractivity contribution in [3.63, 3.8) is 0 Å². The van der Waals surface area contributed by atoms with Gasteiger partial charge in [0.1, 0.15) is 5.75 Å². The average Bonchev–Trinajstić information content (AvgIpc) is 2.46. The molecule has 0 atom stereocenters. The van der Waals surface area contributed by atoms with Crippen LogP contribution in [0.5, 0.6) is 5.75 Å². The highest BCUT2D eigenvalue weighted by molar-refractivity contribution is 5.80. The molecule has 3 rings (SSSR count). The Morgan fingerprint density at radius 3 is 1.26 bits per heavy atom. The molecule has 0 saturated carbocycles. The lowest BCUT2D eigenvalue weighted by Gasteiger charge is -2.15. The van der Waals surface area contributed by atoms with Gasteiger partial charge in [-0.25, -0.2) is 0 Å². The SMILES string of the molecule is Cc1cccc(C)c1-c1cc(O)cc(-c2c(C)cccc2C)c1. The van der Waals surface area contributed by atoms with E-state index in [1.54, 1.807) is 0 Å². The summed E-state index contributed by atoms with van der Waals surface area (Å²) < 4.78 is 0. The topological polar surface area (TPSA) is 20.2 Å². The number of rotatable bonds is 2. The van der Waals surface area contributed by atoms with Crippen molar-refractivity contribution in [2.45, 2.75) is 27.7 Å². The van der Waals surface area contributed by atoms with Crippen LogP contribution in [0.2, 0.25) is 0 Å². The van der Waals surface area contributed by atoms with Crippen molar-refractivity contribution in [2.24, 2.45) is 0 Å². The molecule has 0 amide bonds. The van der Waals surface area contributed by atoms with Gasteiger partial charge in [-0.3, -0.25) is 0 Å². The second-order valence-corrected chi connectivity index (χ2v) is 6.30. The summed E-state index contributed by atoms with van der Waals surface area (Å²) in [6.07, 6.45) is 0. The third kappa shape index (κ3) is 2.87. The van der Waals surface area contributed by atoms with E-state index >= 15 is 0 Å². The van der Waals surface area contributed by atoms with E-state index in [2.05, 4.69) is 70.2 Å². The summed E-state index contributed by atoms with van der Waals surface area (Å²) in [6.45, 7) is 8.46. The molecule has 3 aromatic rings. The minimum atomic E-state index is 0.308. The summed E-state index contributed by atoms with van der Waals surface area (Å²) in [7, 11) is 0. The molecule has 0 unspecified atom stereocenters. The number of hydrogen-bond acceptors (Lipinski definition) is 1. The summed E-state index contributed by atoms with van der Waals surface area (Å²) in [5.41, 5.74) is 9.44. The van der Waals surface area contributed by atoms with E-state index in [9.17, 15) is 5.11 Å². The molecule has 1 N–H and O–H groups in total. The van der Waals surface area contributed by atoms with E-state index in [1.165, 1.54) is 33.4 Å². The Balaban J connectivity index is 2.26. The van der Waals surface area contributed by atoms with Crippen LogP contribution in [0.15, 0.2) is 54.6 Å². The first-order valence-electron chi connectivity index (χ1n) is 7.94. The molecule has 0 radical (unpaired) electrons. The van der Waals surface area contributed by atoms with Gasteiger partial charge in [-0.2, -0.15) is 0 Å². The largest absolute Gasteiger partial charge is 0.508 e. The minimum Gasteiger partial charge on any atom is -0.508 e. The normalized spacial score (nSPS) is 10.8. The lowest BCUT2D eigenvalue weighted by atomic mass is 9.90. The van der Waals surface area contributed by atoms with E-state index in [0.29, 0.717) is 5.75 Å². The van der Waals surface area contributed by atoms with E-state index in [4.69, 9.17) is 0 Å². The van der Waals surface area contributed by atoms with Crippen LogP contribution >= 0.6 is 0 Å². The maximum Gasteiger partial charge on any atom is 0.116 e. The highest BCUT2D eigenvalue weighted by atomic mass is 16.3. The van der Waals surface area contributed by atoms with Crippen LogP contribution in [-0.4, -0.2) is 5.11 Å². The molecule has 0 aromatic heterocycles. The fourth-order valence-corrected chi connectivity index (χ4v) is 3.44. The van der Waals surface area contributed by atoms with Crippen LogP contribution in [0.4, 0.5) is 0 Å². The first kappa shape index (κ1) is 15.4. The van der Waals surface area contributed by atoms with Gasteiger partial charge in [-0.05, 0) is 90.4 Å². The van der Waals surface area contributed by atoms with Crippen molar-refractivity contribution in [1.29, 1.82) is 0 Å². The third-order valence-electron chi connectivity index (χ3n) is 4.46. The molecule has 116 valence electrons. The standard InChI is InChI=1S/C22H22O/c1-14-7-5-8-15(2)21(14)18-11-19(13-20(23)12-18)22-16(3)9-6-10-17(22)4/h5-13,23H,1-4H3. The van der Waals surface area contributed by atoms with Crippen molar-refractivity contribution in [1.82, 2.24) is 0 Å². The Morgan fingerprint density at radius 2 is 0.913 bits per heavy atom. The van der Waals surface area contributed by atoms with E-state index < -0.39 is 0 Å². The van der Waals surface area contributed by atoms with Crippen molar-refractivity contribution in [3.05, 3.63) is 76.9 Å². The number of aryl methyl sites for hydroxylation is 4. The summed E-state index contributed by atoms with van der Waals surface area (Å²) in [4.78, 5) is 0. The smallest absolute Gasteiger partial charge is 0.116 e. The summed E-state index contributed by atoms with van der Waals surface area (Å²) in [5, 5.41) is 10.3. The average molecular weight is 302 g/mol. The Bertz CT molecular complexity index is 765. The van der Waals surface area contributed by atoms with Crippen molar-refractivity contribution in [3.8, 4) is 28.0 Å². The molecule has 0 spiro atoms. The maximum atomic E-state index is 10.3. The van der Waals surface area contributed by atoms with Crippen LogP contribution in [0, 0.1) is 27.7 Å². The molecule has 0 aliphatic carbocycles. The van der Waals surface area contributed by atoms with Gasteiger partial charge in [0, 0.05) is 0 Å². The molecular formula is C22H22O. The highest BCUT2D eigenvalue weighted by Crippen LogP contribution is 2.36. The van der Waals surface area contributed by atoms with Gasteiger partial charge in [0.25, 0.3) is 0 Å².